The Hall–Kier alpha value is -6.85. The maximum absolute atomic E-state index is 6.33. The molecule has 5 heteroatoms. The van der Waals surface area contributed by atoms with Gasteiger partial charge in [0.25, 0.3) is 0 Å². The van der Waals surface area contributed by atoms with Crippen molar-refractivity contribution < 1.29 is 4.42 Å². The predicted molar refractivity (Wildman–Crippen MR) is 203 cm³/mol. The van der Waals surface area contributed by atoms with Gasteiger partial charge in [0, 0.05) is 38.2 Å². The summed E-state index contributed by atoms with van der Waals surface area (Å²) in [6.07, 6.45) is 0. The highest BCUT2D eigenvalue weighted by atomic mass is 16.3. The number of para-hydroxylation sites is 3. The molecule has 0 spiro atoms. The molecule has 0 radical (unpaired) electrons. The van der Waals surface area contributed by atoms with Crippen LogP contribution in [0.4, 0.5) is 0 Å². The molecule has 3 aromatic heterocycles. The van der Waals surface area contributed by atoms with Gasteiger partial charge >= 0.3 is 0 Å². The molecule has 0 N–H and O–H groups in total. The van der Waals surface area contributed by atoms with Gasteiger partial charge in [0.05, 0.1) is 16.7 Å². The van der Waals surface area contributed by atoms with E-state index in [4.69, 9.17) is 19.4 Å². The molecule has 10 aromatic rings. The van der Waals surface area contributed by atoms with Gasteiger partial charge in [-0.2, -0.15) is 0 Å². The summed E-state index contributed by atoms with van der Waals surface area (Å²) in [5.74, 6) is 1.85. The number of benzene rings is 7. The van der Waals surface area contributed by atoms with Gasteiger partial charge < -0.3 is 8.98 Å². The second-order valence-electron chi connectivity index (χ2n) is 12.4. The van der Waals surface area contributed by atoms with Crippen molar-refractivity contribution in [2.45, 2.75) is 0 Å². The van der Waals surface area contributed by atoms with E-state index in [2.05, 4.69) is 126 Å². The zero-order chi connectivity index (χ0) is 33.0. The highest BCUT2D eigenvalue weighted by molar-refractivity contribution is 6.27. The monoisotopic (exact) mass is 640 g/mol. The Morgan fingerprint density at radius 2 is 1.00 bits per heavy atom. The summed E-state index contributed by atoms with van der Waals surface area (Å²) in [6, 6.07) is 58.4. The third-order valence-electron chi connectivity index (χ3n) is 9.46. The van der Waals surface area contributed by atoms with Crippen LogP contribution in [0.15, 0.2) is 174 Å². The zero-order valence-electron chi connectivity index (χ0n) is 26.9. The number of rotatable bonds is 5. The minimum atomic E-state index is 0.607. The van der Waals surface area contributed by atoms with Crippen molar-refractivity contribution in [1.82, 2.24) is 19.5 Å². The predicted octanol–water partition coefficient (Wildman–Crippen LogP) is 11.5. The fourth-order valence-corrected chi connectivity index (χ4v) is 7.20. The Morgan fingerprint density at radius 3 is 1.84 bits per heavy atom. The van der Waals surface area contributed by atoms with Crippen LogP contribution in [0.3, 0.4) is 0 Å². The number of hydrogen-bond donors (Lipinski definition) is 0. The summed E-state index contributed by atoms with van der Waals surface area (Å²) in [5.41, 5.74) is 9.95. The largest absolute Gasteiger partial charge is 0.456 e. The van der Waals surface area contributed by atoms with E-state index < -0.39 is 0 Å². The van der Waals surface area contributed by atoms with Crippen molar-refractivity contribution in [2.75, 3.05) is 0 Å². The van der Waals surface area contributed by atoms with Gasteiger partial charge in [0.1, 0.15) is 11.2 Å². The number of aromatic nitrogens is 4. The van der Waals surface area contributed by atoms with Crippen molar-refractivity contribution in [3.63, 3.8) is 0 Å². The number of nitrogens with zero attached hydrogens (tertiary/aromatic N) is 4. The van der Waals surface area contributed by atoms with E-state index in [1.54, 1.807) is 0 Å². The Labute approximate surface area is 287 Å². The molecular weight excluding hydrogens is 613 g/mol. The molecule has 0 bridgehead atoms. The smallest absolute Gasteiger partial charge is 0.166 e. The second kappa shape index (κ2) is 11.4. The van der Waals surface area contributed by atoms with E-state index in [-0.39, 0.29) is 0 Å². The standard InChI is InChI=1S/C45H28N4O/c1-3-14-29(15-4-1)31-18-13-19-32(28-31)44-46-43(30-16-5-2-6-17-30)47-45(48-44)34-21-8-11-24-37(34)49-36-23-10-7-20-33(36)41-38(49)26-27-40-42(41)35-22-9-12-25-39(35)50-40/h1-28H. The van der Waals surface area contributed by atoms with Crippen LogP contribution >= 0.6 is 0 Å². The molecule has 0 fully saturated rings. The van der Waals surface area contributed by atoms with E-state index in [9.17, 15) is 0 Å². The molecular formula is C45H28N4O. The maximum atomic E-state index is 6.33. The first-order valence-electron chi connectivity index (χ1n) is 16.7. The van der Waals surface area contributed by atoms with Crippen LogP contribution in [0.5, 0.6) is 0 Å². The summed E-state index contributed by atoms with van der Waals surface area (Å²) in [5, 5.41) is 4.56. The van der Waals surface area contributed by atoms with E-state index in [0.717, 1.165) is 77.2 Å². The van der Waals surface area contributed by atoms with Gasteiger partial charge in [-0.25, -0.2) is 15.0 Å². The SMILES string of the molecule is c1ccc(-c2cccc(-c3nc(-c4ccccc4)nc(-c4ccccc4-n4c5ccccc5c5c6c(ccc54)oc4ccccc46)n3)c2)cc1. The van der Waals surface area contributed by atoms with E-state index >= 15 is 0 Å². The average Bonchev–Trinajstić information content (AvgIpc) is 3.74. The third-order valence-corrected chi connectivity index (χ3v) is 9.46. The Morgan fingerprint density at radius 1 is 0.380 bits per heavy atom. The van der Waals surface area contributed by atoms with Crippen molar-refractivity contribution in [3.05, 3.63) is 170 Å². The highest BCUT2D eigenvalue weighted by Gasteiger charge is 2.22. The van der Waals surface area contributed by atoms with Crippen LogP contribution < -0.4 is 0 Å². The van der Waals surface area contributed by atoms with Crippen molar-refractivity contribution in [3.8, 4) is 51.0 Å². The molecule has 50 heavy (non-hydrogen) atoms. The Bertz CT molecular complexity index is 2870. The average molecular weight is 641 g/mol. The lowest BCUT2D eigenvalue weighted by molar-refractivity contribution is 0.669. The van der Waals surface area contributed by atoms with Crippen LogP contribution in [0.25, 0.3) is 94.7 Å². The lowest BCUT2D eigenvalue weighted by Crippen LogP contribution is -2.03. The summed E-state index contributed by atoms with van der Waals surface area (Å²) < 4.78 is 8.66. The molecule has 7 aromatic carbocycles. The molecule has 5 nitrogen and oxygen atoms in total. The first kappa shape index (κ1) is 28.2. The molecule has 3 heterocycles. The van der Waals surface area contributed by atoms with Crippen LogP contribution in [-0.4, -0.2) is 19.5 Å². The number of furan rings is 1. The topological polar surface area (TPSA) is 56.7 Å². The van der Waals surface area contributed by atoms with Crippen LogP contribution in [0.2, 0.25) is 0 Å². The quantitative estimate of drug-likeness (QED) is 0.188. The number of fused-ring (bicyclic) bond motifs is 7. The molecule has 10 rings (SSSR count). The van der Waals surface area contributed by atoms with Gasteiger partial charge in [-0.15, -0.1) is 0 Å². The van der Waals surface area contributed by atoms with Crippen LogP contribution in [0.1, 0.15) is 0 Å². The lowest BCUT2D eigenvalue weighted by Gasteiger charge is -2.14. The van der Waals surface area contributed by atoms with Crippen LogP contribution in [-0.2, 0) is 0 Å². The Balaban J connectivity index is 1.23. The normalized spacial score (nSPS) is 11.6. The zero-order valence-corrected chi connectivity index (χ0v) is 26.9. The van der Waals surface area contributed by atoms with Gasteiger partial charge in [0.15, 0.2) is 17.5 Å². The molecule has 0 amide bonds. The van der Waals surface area contributed by atoms with Crippen molar-refractivity contribution in [1.29, 1.82) is 0 Å². The third kappa shape index (κ3) is 4.52. The minimum absolute atomic E-state index is 0.607. The fourth-order valence-electron chi connectivity index (χ4n) is 7.20. The van der Waals surface area contributed by atoms with Gasteiger partial charge in [-0.05, 0) is 53.6 Å². The van der Waals surface area contributed by atoms with Crippen molar-refractivity contribution >= 4 is 43.7 Å². The van der Waals surface area contributed by atoms with Gasteiger partial charge in [0.2, 0.25) is 0 Å². The molecule has 0 saturated heterocycles. The summed E-state index contributed by atoms with van der Waals surface area (Å²) in [7, 11) is 0. The minimum Gasteiger partial charge on any atom is -0.456 e. The molecule has 0 aliphatic rings. The van der Waals surface area contributed by atoms with E-state index in [1.165, 1.54) is 0 Å². The summed E-state index contributed by atoms with van der Waals surface area (Å²) in [4.78, 5) is 15.4. The summed E-state index contributed by atoms with van der Waals surface area (Å²) >= 11 is 0. The second-order valence-corrected chi connectivity index (χ2v) is 12.4. The van der Waals surface area contributed by atoms with E-state index in [0.29, 0.717) is 17.5 Å². The number of hydrogen-bond acceptors (Lipinski definition) is 4. The fraction of sp³-hybridized carbons (Fsp3) is 0. The lowest BCUT2D eigenvalue weighted by atomic mass is 10.0. The molecule has 0 aliphatic heterocycles. The van der Waals surface area contributed by atoms with Crippen LogP contribution in [0, 0.1) is 0 Å². The molecule has 234 valence electrons. The summed E-state index contributed by atoms with van der Waals surface area (Å²) in [6.45, 7) is 0. The molecule has 0 saturated carbocycles. The van der Waals surface area contributed by atoms with Gasteiger partial charge in [-0.1, -0.05) is 127 Å². The Kier molecular flexibility index (Phi) is 6.42. The highest BCUT2D eigenvalue weighted by Crippen LogP contribution is 2.42. The van der Waals surface area contributed by atoms with E-state index in [1.807, 2.05) is 48.5 Å². The molecule has 0 atom stereocenters. The maximum Gasteiger partial charge on any atom is 0.166 e. The van der Waals surface area contributed by atoms with Gasteiger partial charge in [-0.3, -0.25) is 0 Å². The molecule has 0 aliphatic carbocycles. The molecule has 0 unspecified atom stereocenters. The first-order chi connectivity index (χ1) is 24.8. The van der Waals surface area contributed by atoms with Crippen molar-refractivity contribution in [2.24, 2.45) is 0 Å². The first-order valence-corrected chi connectivity index (χ1v) is 16.7.